The van der Waals surface area contributed by atoms with Crippen LogP contribution in [-0.2, 0) is 4.79 Å². The van der Waals surface area contributed by atoms with E-state index in [4.69, 9.17) is 6.42 Å². The Balaban J connectivity index is 1.73. The molecule has 0 radical (unpaired) electrons. The van der Waals surface area contributed by atoms with Gasteiger partial charge in [-0.1, -0.05) is 25.8 Å². The minimum atomic E-state index is -0.456. The third kappa shape index (κ3) is 1.89. The smallest absolute Gasteiger partial charge is 0.155 e. The number of aliphatic hydroxyl groups is 1. The van der Waals surface area contributed by atoms with Crippen LogP contribution in [0.15, 0.2) is 23.3 Å². The summed E-state index contributed by atoms with van der Waals surface area (Å²) < 4.78 is 0. The number of rotatable bonds is 0. The molecule has 0 saturated heterocycles. The molecule has 2 nitrogen and oxygen atoms in total. The molecule has 2 saturated carbocycles. The summed E-state index contributed by atoms with van der Waals surface area (Å²) in [5, 5.41) is 10.8. The molecule has 0 spiro atoms. The summed E-state index contributed by atoms with van der Waals surface area (Å²) in [6, 6.07) is 0. The lowest BCUT2D eigenvalue weighted by Crippen LogP contribution is -2.53. The van der Waals surface area contributed by atoms with Gasteiger partial charge in [-0.25, -0.2) is 0 Å². The predicted molar refractivity (Wildman–Crippen MR) is 90.4 cm³/mol. The third-order valence-electron chi connectivity index (χ3n) is 7.71. The van der Waals surface area contributed by atoms with E-state index in [1.54, 1.807) is 6.08 Å². The molecule has 23 heavy (non-hydrogen) atoms. The van der Waals surface area contributed by atoms with Gasteiger partial charge in [0, 0.05) is 17.4 Å². The van der Waals surface area contributed by atoms with Crippen molar-refractivity contribution < 1.29 is 9.90 Å². The Labute approximate surface area is 139 Å². The van der Waals surface area contributed by atoms with Gasteiger partial charge in [-0.15, -0.1) is 6.42 Å². The monoisotopic (exact) mass is 310 g/mol. The first-order valence-electron chi connectivity index (χ1n) is 9.00. The summed E-state index contributed by atoms with van der Waals surface area (Å²) in [5.74, 6) is 4.76. The number of hydrogen-bond donors (Lipinski definition) is 1. The molecule has 4 aliphatic carbocycles. The third-order valence-corrected chi connectivity index (χ3v) is 7.71. The van der Waals surface area contributed by atoms with Gasteiger partial charge in [-0.05, 0) is 66.9 Å². The molecule has 0 aromatic carbocycles. The molecule has 0 heterocycles. The van der Waals surface area contributed by atoms with E-state index in [9.17, 15) is 9.90 Å². The lowest BCUT2D eigenvalue weighted by molar-refractivity contribution is -0.118. The molecule has 0 bridgehead atoms. The topological polar surface area (TPSA) is 37.3 Å². The average molecular weight is 310 g/mol. The number of terminal acetylenes is 1. The van der Waals surface area contributed by atoms with Gasteiger partial charge in [0.15, 0.2) is 5.78 Å². The maximum absolute atomic E-state index is 11.9. The van der Waals surface area contributed by atoms with Crippen molar-refractivity contribution in [2.75, 3.05) is 0 Å². The summed E-state index contributed by atoms with van der Waals surface area (Å²) in [6.07, 6.45) is 15.0. The van der Waals surface area contributed by atoms with Crippen LogP contribution in [-0.4, -0.2) is 17.0 Å². The number of fused-ring (bicyclic) bond motifs is 5. The van der Waals surface area contributed by atoms with E-state index < -0.39 is 6.10 Å². The number of ketones is 1. The summed E-state index contributed by atoms with van der Waals surface area (Å²) in [6.45, 7) is 4.62. The zero-order valence-electron chi connectivity index (χ0n) is 14.1. The molecule has 0 aromatic heterocycles. The SMILES string of the molecule is C#CC1=CC[C@H]2[C@@H]3CC(O)C4=CC(=O)CC[C@]4(C)[C@H]3CC[C@]12C. The highest BCUT2D eigenvalue weighted by Gasteiger charge is 2.58. The van der Waals surface area contributed by atoms with Crippen LogP contribution in [0.5, 0.6) is 0 Å². The van der Waals surface area contributed by atoms with Gasteiger partial charge in [0.2, 0.25) is 0 Å². The molecule has 0 aliphatic heterocycles. The van der Waals surface area contributed by atoms with Crippen molar-refractivity contribution in [1.29, 1.82) is 0 Å². The Kier molecular flexibility index (Phi) is 3.20. The van der Waals surface area contributed by atoms with Gasteiger partial charge in [0.05, 0.1) is 6.10 Å². The second-order valence-electron chi connectivity index (χ2n) is 8.57. The molecular weight excluding hydrogens is 284 g/mol. The molecule has 1 N–H and O–H groups in total. The van der Waals surface area contributed by atoms with E-state index in [1.165, 1.54) is 5.57 Å². The maximum atomic E-state index is 11.9. The van der Waals surface area contributed by atoms with E-state index in [0.717, 1.165) is 37.7 Å². The van der Waals surface area contributed by atoms with Crippen LogP contribution in [0, 0.1) is 40.9 Å². The highest BCUT2D eigenvalue weighted by Crippen LogP contribution is 2.65. The Morgan fingerprint density at radius 3 is 2.78 bits per heavy atom. The second-order valence-corrected chi connectivity index (χ2v) is 8.57. The quantitative estimate of drug-likeness (QED) is 0.693. The molecule has 2 fully saturated rings. The van der Waals surface area contributed by atoms with Crippen molar-refractivity contribution in [3.63, 3.8) is 0 Å². The van der Waals surface area contributed by atoms with Crippen LogP contribution in [0.1, 0.15) is 52.4 Å². The molecule has 4 aliphatic rings. The van der Waals surface area contributed by atoms with Crippen molar-refractivity contribution in [1.82, 2.24) is 0 Å². The van der Waals surface area contributed by atoms with Crippen molar-refractivity contribution in [3.8, 4) is 12.3 Å². The molecule has 0 amide bonds. The first-order valence-corrected chi connectivity index (χ1v) is 9.00. The molecule has 1 unspecified atom stereocenters. The van der Waals surface area contributed by atoms with Gasteiger partial charge in [0.25, 0.3) is 0 Å². The molecule has 0 aromatic rings. The van der Waals surface area contributed by atoms with Gasteiger partial charge in [-0.2, -0.15) is 0 Å². The minimum Gasteiger partial charge on any atom is -0.389 e. The zero-order chi connectivity index (χ0) is 16.4. The van der Waals surface area contributed by atoms with E-state index in [-0.39, 0.29) is 16.6 Å². The molecule has 2 heteroatoms. The van der Waals surface area contributed by atoms with E-state index in [0.29, 0.717) is 24.2 Å². The maximum Gasteiger partial charge on any atom is 0.155 e. The Morgan fingerprint density at radius 2 is 2.04 bits per heavy atom. The van der Waals surface area contributed by atoms with Crippen LogP contribution in [0.3, 0.4) is 0 Å². The normalized spacial score (nSPS) is 48.5. The van der Waals surface area contributed by atoms with Crippen molar-refractivity contribution >= 4 is 5.78 Å². The molecule has 6 atom stereocenters. The molecule has 122 valence electrons. The number of aliphatic hydroxyl groups excluding tert-OH is 1. The van der Waals surface area contributed by atoms with Crippen molar-refractivity contribution in [2.24, 2.45) is 28.6 Å². The van der Waals surface area contributed by atoms with Crippen LogP contribution in [0.25, 0.3) is 0 Å². The van der Waals surface area contributed by atoms with Gasteiger partial charge in [-0.3, -0.25) is 4.79 Å². The lowest BCUT2D eigenvalue weighted by Gasteiger charge is -2.58. The summed E-state index contributed by atoms with van der Waals surface area (Å²) >= 11 is 0. The second kappa shape index (κ2) is 4.84. The molecule has 4 rings (SSSR count). The first kappa shape index (κ1) is 15.2. The fourth-order valence-corrected chi connectivity index (χ4v) is 6.40. The fourth-order valence-electron chi connectivity index (χ4n) is 6.40. The summed E-state index contributed by atoms with van der Waals surface area (Å²) in [7, 11) is 0. The minimum absolute atomic E-state index is 0.00350. The Hall–Kier alpha value is -1.33. The predicted octanol–water partition coefficient (Wildman–Crippen LogP) is 3.66. The fraction of sp³-hybridized carbons (Fsp3) is 0.667. The van der Waals surface area contributed by atoms with Crippen molar-refractivity contribution in [2.45, 2.75) is 58.5 Å². The van der Waals surface area contributed by atoms with Gasteiger partial charge in [0.1, 0.15) is 0 Å². The van der Waals surface area contributed by atoms with Crippen LogP contribution in [0.2, 0.25) is 0 Å². The summed E-state index contributed by atoms with van der Waals surface area (Å²) in [5.41, 5.74) is 2.32. The number of allylic oxidation sites excluding steroid dienone is 3. The zero-order valence-corrected chi connectivity index (χ0v) is 14.1. The van der Waals surface area contributed by atoms with Crippen molar-refractivity contribution in [3.05, 3.63) is 23.3 Å². The molecular formula is C21H26O2. The van der Waals surface area contributed by atoms with Crippen LogP contribution < -0.4 is 0 Å². The Morgan fingerprint density at radius 1 is 1.26 bits per heavy atom. The highest BCUT2D eigenvalue weighted by molar-refractivity contribution is 5.91. The van der Waals surface area contributed by atoms with Crippen LogP contribution >= 0.6 is 0 Å². The van der Waals surface area contributed by atoms with E-state index in [2.05, 4.69) is 25.8 Å². The number of hydrogen-bond acceptors (Lipinski definition) is 2. The van der Waals surface area contributed by atoms with Gasteiger partial charge >= 0.3 is 0 Å². The van der Waals surface area contributed by atoms with E-state index in [1.807, 2.05) is 0 Å². The van der Waals surface area contributed by atoms with Gasteiger partial charge < -0.3 is 5.11 Å². The summed E-state index contributed by atoms with van der Waals surface area (Å²) in [4.78, 5) is 11.9. The Bertz CT molecular complexity index is 664. The largest absolute Gasteiger partial charge is 0.389 e. The average Bonchev–Trinajstić information content (AvgIpc) is 2.86. The first-order chi connectivity index (χ1) is 10.9. The number of carbonyl (C=O) groups excluding carboxylic acids is 1. The van der Waals surface area contributed by atoms with E-state index >= 15 is 0 Å². The lowest BCUT2D eigenvalue weighted by atomic mass is 9.46. The van der Waals surface area contributed by atoms with Crippen LogP contribution in [0.4, 0.5) is 0 Å². The number of carbonyl (C=O) groups is 1. The highest BCUT2D eigenvalue weighted by atomic mass is 16.3. The standard InChI is InChI=1S/C21H26O2/c1-4-13-5-6-16-15-12-19(23)18-11-14(22)7-9-21(18,3)17(15)8-10-20(13,16)2/h1,5,11,15-17,19,23H,6-10,12H2,2-3H3/t15-,16-,17-,19?,20+,21+/m0/s1.